The van der Waals surface area contributed by atoms with Crippen molar-refractivity contribution < 1.29 is 28.9 Å². The maximum absolute atomic E-state index is 14.0. The topological polar surface area (TPSA) is 109 Å². The number of aliphatic hydroxyl groups is 1. The minimum atomic E-state index is -0.920. The number of unbranched alkanes of at least 4 members (excludes halogenated alkanes) is 1. The van der Waals surface area contributed by atoms with Gasteiger partial charge >= 0.3 is 0 Å². The van der Waals surface area contributed by atoms with Crippen molar-refractivity contribution in [2.75, 3.05) is 33.4 Å². The summed E-state index contributed by atoms with van der Waals surface area (Å²) in [7, 11) is 1.63. The van der Waals surface area contributed by atoms with Gasteiger partial charge in [0, 0.05) is 43.9 Å². The van der Waals surface area contributed by atoms with Crippen LogP contribution in [-0.4, -0.2) is 67.3 Å². The zero-order chi connectivity index (χ0) is 40.2. The van der Waals surface area contributed by atoms with Gasteiger partial charge in [-0.1, -0.05) is 91.9 Å². The minimum absolute atomic E-state index is 0.104. The third-order valence-electron chi connectivity index (χ3n) is 9.67. The monoisotopic (exact) mass is 771 g/mol. The van der Waals surface area contributed by atoms with Crippen LogP contribution in [0, 0.1) is 6.92 Å². The molecule has 0 aliphatic rings. The largest absolute Gasteiger partial charge is 0.497 e. The molecule has 300 valence electrons. The van der Waals surface area contributed by atoms with Gasteiger partial charge in [0.25, 0.3) is 11.8 Å². The Morgan fingerprint density at radius 2 is 1.40 bits per heavy atom. The van der Waals surface area contributed by atoms with Crippen LogP contribution in [0.5, 0.6) is 11.5 Å². The average molecular weight is 772 g/mol. The van der Waals surface area contributed by atoms with Crippen molar-refractivity contribution in [3.8, 4) is 11.5 Å². The van der Waals surface area contributed by atoms with E-state index in [1.54, 1.807) is 19.2 Å². The molecule has 0 bridgehead atoms. The lowest BCUT2D eigenvalue weighted by atomic mass is 9.99. The number of aliphatic hydroxyl groups excluding tert-OH is 1. The van der Waals surface area contributed by atoms with E-state index in [-0.39, 0.29) is 18.4 Å². The van der Waals surface area contributed by atoms with E-state index in [2.05, 4.69) is 17.6 Å². The van der Waals surface area contributed by atoms with Gasteiger partial charge < -0.3 is 34.9 Å². The predicted octanol–water partition coefficient (Wildman–Crippen LogP) is 7.92. The first-order chi connectivity index (χ1) is 27.8. The zero-order valence-corrected chi connectivity index (χ0v) is 33.5. The lowest BCUT2D eigenvalue weighted by molar-refractivity contribution is 0.0738. The zero-order valence-electron chi connectivity index (χ0n) is 33.5. The normalized spacial score (nSPS) is 12.1. The number of ether oxygens (including phenoxy) is 3. The summed E-state index contributed by atoms with van der Waals surface area (Å²) in [6, 6.07) is 40.2. The highest BCUT2D eigenvalue weighted by molar-refractivity contribution is 6.00. The summed E-state index contributed by atoms with van der Waals surface area (Å²) >= 11 is 0. The number of carbonyl (C=O) groups is 2. The molecule has 0 saturated heterocycles. The van der Waals surface area contributed by atoms with Crippen LogP contribution in [-0.2, 0) is 30.9 Å². The molecule has 0 aliphatic carbocycles. The van der Waals surface area contributed by atoms with Crippen molar-refractivity contribution in [2.45, 2.75) is 71.4 Å². The van der Waals surface area contributed by atoms with Gasteiger partial charge in [-0.25, -0.2) is 0 Å². The molecule has 0 heterocycles. The van der Waals surface area contributed by atoms with E-state index in [0.29, 0.717) is 57.0 Å². The number of nitrogens with zero attached hydrogens (tertiary/aromatic N) is 1. The predicted molar refractivity (Wildman–Crippen MR) is 226 cm³/mol. The van der Waals surface area contributed by atoms with Crippen LogP contribution in [0.1, 0.15) is 74.7 Å². The maximum atomic E-state index is 14.0. The number of amides is 2. The number of methoxy groups -OCH3 is 1. The Morgan fingerprint density at radius 3 is 2.11 bits per heavy atom. The number of carbonyl (C=O) groups excluding carboxylic acids is 2. The smallest absolute Gasteiger partial charge is 0.253 e. The first kappa shape index (κ1) is 42.7. The molecule has 0 unspecified atom stereocenters. The van der Waals surface area contributed by atoms with E-state index in [9.17, 15) is 14.7 Å². The summed E-state index contributed by atoms with van der Waals surface area (Å²) in [5.41, 5.74) is 5.81. The van der Waals surface area contributed by atoms with Crippen LogP contribution in [0.2, 0.25) is 0 Å². The second-order valence-electron chi connectivity index (χ2n) is 14.4. The summed E-state index contributed by atoms with van der Waals surface area (Å²) < 4.78 is 17.2. The maximum Gasteiger partial charge on any atom is 0.253 e. The van der Waals surface area contributed by atoms with E-state index in [1.807, 2.05) is 127 Å². The molecule has 3 N–H and O–H groups in total. The summed E-state index contributed by atoms with van der Waals surface area (Å²) in [6.07, 6.45) is 1.93. The van der Waals surface area contributed by atoms with Crippen LogP contribution in [0.4, 0.5) is 0 Å². The summed E-state index contributed by atoms with van der Waals surface area (Å²) in [5.74, 6) is 1.03. The number of benzene rings is 5. The molecule has 0 saturated carbocycles. The van der Waals surface area contributed by atoms with Crippen LogP contribution < -0.4 is 20.1 Å². The van der Waals surface area contributed by atoms with Gasteiger partial charge in [-0.3, -0.25) is 9.59 Å². The van der Waals surface area contributed by atoms with Crippen molar-refractivity contribution in [1.82, 2.24) is 15.5 Å². The fourth-order valence-corrected chi connectivity index (χ4v) is 6.62. The van der Waals surface area contributed by atoms with E-state index >= 15 is 0 Å². The molecular weight excluding hydrogens is 715 g/mol. The molecule has 9 heteroatoms. The van der Waals surface area contributed by atoms with Gasteiger partial charge in [-0.2, -0.15) is 0 Å². The van der Waals surface area contributed by atoms with Crippen LogP contribution in [0.15, 0.2) is 127 Å². The van der Waals surface area contributed by atoms with Crippen molar-refractivity contribution in [2.24, 2.45) is 0 Å². The number of hydrogen-bond donors (Lipinski definition) is 3. The highest BCUT2D eigenvalue weighted by atomic mass is 16.5. The van der Waals surface area contributed by atoms with Gasteiger partial charge in [0.2, 0.25) is 0 Å². The van der Waals surface area contributed by atoms with Gasteiger partial charge in [-0.15, -0.1) is 0 Å². The Bertz CT molecular complexity index is 1950. The SMILES string of the molecule is CCCN(CCCCOCc1ccccc1)C(=O)c1cc(C)cc(C(=O)N[C@@H](Cc2ccc(OCc3ccccc3)cc2)[C@H](O)CNCc2cccc(OC)c2)c1. The van der Waals surface area contributed by atoms with E-state index in [4.69, 9.17) is 14.2 Å². The molecule has 0 spiro atoms. The molecule has 5 aromatic rings. The number of nitrogens with one attached hydrogen (secondary N) is 2. The standard InChI is InChI=1S/C48H57N3O6/c1-4-24-51(25-11-12-26-56-34-38-14-7-5-8-15-38)48(54)42-28-36(2)27-41(31-42)47(53)50-45(46(52)33-49-32-40-18-13-19-44(29-40)55-3)30-37-20-22-43(23-21-37)57-35-39-16-9-6-10-17-39/h5-10,13-23,27-29,31,45-46,49,52H,4,11-12,24-26,30,32-35H2,1-3H3,(H,50,53)/t45-,46+/m0/s1. The molecule has 0 aromatic heterocycles. The second kappa shape index (κ2) is 22.9. The molecule has 57 heavy (non-hydrogen) atoms. The minimum Gasteiger partial charge on any atom is -0.497 e. The first-order valence-electron chi connectivity index (χ1n) is 19.9. The van der Waals surface area contributed by atoms with Gasteiger partial charge in [0.15, 0.2) is 0 Å². The molecule has 0 radical (unpaired) electrons. The quantitative estimate of drug-likeness (QED) is 0.0580. The van der Waals surface area contributed by atoms with E-state index in [0.717, 1.165) is 58.6 Å². The van der Waals surface area contributed by atoms with Crippen LogP contribution in [0.25, 0.3) is 0 Å². The number of aryl methyl sites for hydroxylation is 1. The first-order valence-corrected chi connectivity index (χ1v) is 19.9. The van der Waals surface area contributed by atoms with Crippen LogP contribution >= 0.6 is 0 Å². The fraction of sp³-hybridized carbons (Fsp3) is 0.333. The Kier molecular flexibility index (Phi) is 17.2. The number of hydrogen-bond acceptors (Lipinski definition) is 7. The summed E-state index contributed by atoms with van der Waals surface area (Å²) in [4.78, 5) is 29.7. The Morgan fingerprint density at radius 1 is 0.719 bits per heavy atom. The molecule has 2 atom stereocenters. The van der Waals surface area contributed by atoms with E-state index < -0.39 is 12.1 Å². The molecule has 9 nitrogen and oxygen atoms in total. The molecular formula is C48H57N3O6. The van der Waals surface area contributed by atoms with Crippen molar-refractivity contribution in [3.05, 3.63) is 166 Å². The van der Waals surface area contributed by atoms with Gasteiger partial charge in [0.05, 0.1) is 25.9 Å². The Labute approximate surface area is 338 Å². The van der Waals surface area contributed by atoms with Crippen molar-refractivity contribution in [1.29, 1.82) is 0 Å². The highest BCUT2D eigenvalue weighted by Gasteiger charge is 2.24. The summed E-state index contributed by atoms with van der Waals surface area (Å²) in [5, 5.41) is 18.0. The molecule has 5 rings (SSSR count). The average Bonchev–Trinajstić information content (AvgIpc) is 3.24. The van der Waals surface area contributed by atoms with Crippen LogP contribution in [0.3, 0.4) is 0 Å². The lowest BCUT2D eigenvalue weighted by Gasteiger charge is -2.26. The lowest BCUT2D eigenvalue weighted by Crippen LogP contribution is -2.48. The second-order valence-corrected chi connectivity index (χ2v) is 14.4. The van der Waals surface area contributed by atoms with Gasteiger partial charge in [-0.05, 0) is 103 Å². The number of rotatable bonds is 23. The third kappa shape index (κ3) is 14.2. The van der Waals surface area contributed by atoms with Crippen molar-refractivity contribution in [3.63, 3.8) is 0 Å². The molecule has 2 amide bonds. The fourth-order valence-electron chi connectivity index (χ4n) is 6.62. The van der Waals surface area contributed by atoms with E-state index in [1.165, 1.54) is 0 Å². The van der Waals surface area contributed by atoms with Gasteiger partial charge in [0.1, 0.15) is 18.1 Å². The summed E-state index contributed by atoms with van der Waals surface area (Å²) in [6.45, 7) is 7.56. The third-order valence-corrected chi connectivity index (χ3v) is 9.67. The molecule has 5 aromatic carbocycles. The highest BCUT2D eigenvalue weighted by Crippen LogP contribution is 2.19. The molecule has 0 fully saturated rings. The molecule has 0 aliphatic heterocycles. The Balaban J connectivity index is 1.23. The van der Waals surface area contributed by atoms with Crippen molar-refractivity contribution >= 4 is 11.8 Å². The Hall–Kier alpha value is -5.48.